The quantitative estimate of drug-likeness (QED) is 0.683. The van der Waals surface area contributed by atoms with Gasteiger partial charge in [-0.05, 0) is 36.4 Å². The lowest BCUT2D eigenvalue weighted by atomic mass is 10.2. The van der Waals surface area contributed by atoms with Crippen LogP contribution < -0.4 is 5.56 Å². The molecule has 0 fully saturated rings. The number of aromatic nitrogens is 3. The van der Waals surface area contributed by atoms with E-state index in [2.05, 4.69) is 5.10 Å². The minimum atomic E-state index is -4.72. The molecule has 0 aliphatic carbocycles. The molecule has 0 radical (unpaired) electrons. The van der Waals surface area contributed by atoms with Crippen molar-refractivity contribution in [3.05, 3.63) is 64.7 Å². The minimum absolute atomic E-state index is 0.00104. The van der Waals surface area contributed by atoms with Gasteiger partial charge < -0.3 is 5.21 Å². The topological polar surface area (TPSA) is 94.2 Å². The van der Waals surface area contributed by atoms with Gasteiger partial charge in [0.25, 0.3) is 5.56 Å². The third kappa shape index (κ3) is 3.72. The molecule has 0 saturated carbocycles. The van der Waals surface area contributed by atoms with Gasteiger partial charge in [0.05, 0.1) is 16.3 Å². The molecule has 1 N–H and O–H groups in total. The van der Waals surface area contributed by atoms with Gasteiger partial charge >= 0.3 is 6.18 Å². The van der Waals surface area contributed by atoms with Crippen LogP contribution in [-0.4, -0.2) is 34.4 Å². The second-order valence-electron chi connectivity index (χ2n) is 5.69. The Morgan fingerprint density at radius 3 is 2.22 bits per heavy atom. The van der Waals surface area contributed by atoms with Crippen molar-refractivity contribution >= 4 is 9.84 Å². The summed E-state index contributed by atoms with van der Waals surface area (Å²) < 4.78 is 63.7. The molecule has 27 heavy (non-hydrogen) atoms. The zero-order valence-electron chi connectivity index (χ0n) is 13.7. The van der Waals surface area contributed by atoms with Crippen molar-refractivity contribution in [1.29, 1.82) is 0 Å². The van der Waals surface area contributed by atoms with Crippen LogP contribution in [-0.2, 0) is 16.0 Å². The lowest BCUT2D eigenvalue weighted by Crippen LogP contribution is -2.15. The average molecular weight is 399 g/mol. The van der Waals surface area contributed by atoms with E-state index in [4.69, 9.17) is 0 Å². The highest BCUT2D eigenvalue weighted by Crippen LogP contribution is 2.33. The van der Waals surface area contributed by atoms with E-state index in [1.54, 1.807) is 0 Å². The van der Waals surface area contributed by atoms with Crippen LogP contribution in [0.5, 0.6) is 0 Å². The molecular formula is C16H12F3N3O4S. The van der Waals surface area contributed by atoms with Crippen LogP contribution in [0.2, 0.25) is 0 Å². The lowest BCUT2D eigenvalue weighted by Gasteiger charge is -2.08. The number of rotatable bonds is 3. The van der Waals surface area contributed by atoms with Gasteiger partial charge in [0.2, 0.25) is 0 Å². The maximum atomic E-state index is 13.1. The van der Waals surface area contributed by atoms with Crippen molar-refractivity contribution in [2.24, 2.45) is 0 Å². The predicted octanol–water partition coefficient (Wildman–Crippen LogP) is 2.36. The maximum Gasteiger partial charge on any atom is 0.435 e. The van der Waals surface area contributed by atoms with Gasteiger partial charge in [0.1, 0.15) is 0 Å². The van der Waals surface area contributed by atoms with Gasteiger partial charge in [-0.15, -0.1) is 0 Å². The monoisotopic (exact) mass is 399 g/mol. The van der Waals surface area contributed by atoms with E-state index in [0.29, 0.717) is 0 Å². The highest BCUT2D eigenvalue weighted by atomic mass is 32.2. The molecule has 7 nitrogen and oxygen atoms in total. The van der Waals surface area contributed by atoms with Crippen molar-refractivity contribution in [2.75, 3.05) is 6.26 Å². The Balaban J connectivity index is 2.20. The predicted molar refractivity (Wildman–Crippen MR) is 88.6 cm³/mol. The maximum absolute atomic E-state index is 13.1. The first kappa shape index (κ1) is 18.7. The van der Waals surface area contributed by atoms with Crippen LogP contribution in [0.25, 0.3) is 16.9 Å². The second kappa shape index (κ2) is 6.27. The highest BCUT2D eigenvalue weighted by Gasteiger charge is 2.35. The molecule has 0 unspecified atom stereocenters. The van der Waals surface area contributed by atoms with Gasteiger partial charge in [-0.2, -0.15) is 23.0 Å². The van der Waals surface area contributed by atoms with Crippen LogP contribution in [0.4, 0.5) is 13.2 Å². The Morgan fingerprint density at radius 1 is 1.07 bits per heavy atom. The Labute approximate surface area is 150 Å². The van der Waals surface area contributed by atoms with Gasteiger partial charge in [-0.25, -0.2) is 13.1 Å². The van der Waals surface area contributed by atoms with Crippen LogP contribution in [0.3, 0.4) is 0 Å². The fraction of sp³-hybridized carbons (Fsp3) is 0.125. The van der Waals surface area contributed by atoms with E-state index in [1.165, 1.54) is 30.3 Å². The number of hydrogen-bond acceptors (Lipinski definition) is 5. The summed E-state index contributed by atoms with van der Waals surface area (Å²) in [6.45, 7) is 0. The molecule has 3 rings (SSSR count). The van der Waals surface area contributed by atoms with Gasteiger partial charge in [0.15, 0.2) is 15.5 Å². The Bertz CT molecular complexity index is 1160. The number of hydrogen-bond donors (Lipinski definition) is 1. The van der Waals surface area contributed by atoms with Gasteiger partial charge in [-0.1, -0.05) is 0 Å². The van der Waals surface area contributed by atoms with Crippen LogP contribution >= 0.6 is 0 Å². The van der Waals surface area contributed by atoms with Crippen molar-refractivity contribution in [2.45, 2.75) is 11.1 Å². The van der Waals surface area contributed by atoms with Crippen molar-refractivity contribution in [3.63, 3.8) is 0 Å². The molecule has 2 aromatic heterocycles. The normalized spacial score (nSPS) is 12.3. The zero-order chi connectivity index (χ0) is 20.0. The fourth-order valence-corrected chi connectivity index (χ4v) is 3.02. The third-order valence-corrected chi connectivity index (χ3v) is 4.83. The third-order valence-electron chi connectivity index (χ3n) is 3.71. The second-order valence-corrected chi connectivity index (χ2v) is 7.70. The van der Waals surface area contributed by atoms with E-state index in [9.17, 15) is 31.6 Å². The zero-order valence-corrected chi connectivity index (χ0v) is 14.5. The molecule has 2 heterocycles. The fourth-order valence-electron chi connectivity index (χ4n) is 2.39. The van der Waals surface area contributed by atoms with Crippen molar-refractivity contribution < 1.29 is 26.8 Å². The molecule has 0 atom stereocenters. The van der Waals surface area contributed by atoms with Gasteiger partial charge in [-0.3, -0.25) is 4.79 Å². The summed E-state index contributed by atoms with van der Waals surface area (Å²) in [4.78, 5) is 11.6. The number of benzene rings is 1. The highest BCUT2D eigenvalue weighted by molar-refractivity contribution is 7.90. The summed E-state index contributed by atoms with van der Waals surface area (Å²) in [7, 11) is -3.47. The first-order valence-corrected chi connectivity index (χ1v) is 9.26. The van der Waals surface area contributed by atoms with Crippen molar-refractivity contribution in [1.82, 2.24) is 14.5 Å². The minimum Gasteiger partial charge on any atom is -0.425 e. The Hall–Kier alpha value is -3.08. The van der Waals surface area contributed by atoms with Gasteiger partial charge in [0, 0.05) is 24.1 Å². The molecule has 0 spiro atoms. The van der Waals surface area contributed by atoms with E-state index in [1.807, 2.05) is 0 Å². The SMILES string of the molecule is CS(=O)(=O)c1ccc(-n2nc(C(F)(F)F)cc2-c2ccn(O)c(=O)c2)cc1. The number of sulfone groups is 1. The summed E-state index contributed by atoms with van der Waals surface area (Å²) in [5, 5.41) is 12.8. The molecule has 0 aliphatic rings. The summed E-state index contributed by atoms with van der Waals surface area (Å²) in [6.07, 6.45) is -2.72. The van der Waals surface area contributed by atoms with Crippen LogP contribution in [0.15, 0.2) is 58.4 Å². The lowest BCUT2D eigenvalue weighted by molar-refractivity contribution is -0.141. The van der Waals surface area contributed by atoms with Crippen LogP contribution in [0, 0.1) is 0 Å². The number of pyridine rings is 1. The molecule has 3 aromatic rings. The Kier molecular flexibility index (Phi) is 4.34. The summed E-state index contributed by atoms with van der Waals surface area (Å²) in [6, 6.07) is 8.07. The summed E-state index contributed by atoms with van der Waals surface area (Å²) in [5.74, 6) is 0. The largest absolute Gasteiger partial charge is 0.435 e. The summed E-state index contributed by atoms with van der Waals surface area (Å²) >= 11 is 0. The molecular weight excluding hydrogens is 387 g/mol. The van der Waals surface area contributed by atoms with Crippen LogP contribution in [0.1, 0.15) is 5.69 Å². The summed E-state index contributed by atoms with van der Waals surface area (Å²) in [5.41, 5.74) is -1.80. The number of alkyl halides is 3. The molecule has 0 aliphatic heterocycles. The molecule has 0 saturated heterocycles. The average Bonchev–Trinajstić information content (AvgIpc) is 3.02. The van der Waals surface area contributed by atoms with E-state index in [-0.39, 0.29) is 26.6 Å². The van der Waals surface area contributed by atoms with Crippen molar-refractivity contribution in [3.8, 4) is 16.9 Å². The Morgan fingerprint density at radius 2 is 1.70 bits per heavy atom. The first-order chi connectivity index (χ1) is 12.5. The molecule has 142 valence electrons. The smallest absolute Gasteiger partial charge is 0.425 e. The van der Waals surface area contributed by atoms with E-state index >= 15 is 0 Å². The standard InChI is InChI=1S/C16H12F3N3O4S/c1-27(25,26)12-4-2-11(3-5-12)22-13(9-14(20-22)16(17,18)19)10-6-7-21(24)15(23)8-10/h2-9,24H,1H3. The molecule has 0 amide bonds. The molecule has 1 aromatic carbocycles. The first-order valence-electron chi connectivity index (χ1n) is 7.37. The molecule has 0 bridgehead atoms. The van der Waals surface area contributed by atoms with E-state index in [0.717, 1.165) is 29.3 Å². The number of nitrogens with zero attached hydrogens (tertiary/aromatic N) is 3. The molecule has 11 heteroatoms. The van der Waals surface area contributed by atoms with E-state index < -0.39 is 27.3 Å². The number of halogens is 3.